The van der Waals surface area contributed by atoms with E-state index in [-0.39, 0.29) is 11.5 Å². The minimum absolute atomic E-state index is 0.175. The van der Waals surface area contributed by atoms with Crippen LogP contribution in [0.3, 0.4) is 0 Å². The average Bonchev–Trinajstić information content (AvgIpc) is 3.18. The van der Waals surface area contributed by atoms with Crippen molar-refractivity contribution in [3.63, 3.8) is 0 Å². The van der Waals surface area contributed by atoms with Crippen molar-refractivity contribution in [2.24, 2.45) is 0 Å². The molecule has 1 aliphatic heterocycles. The molecule has 0 unspecified atom stereocenters. The summed E-state index contributed by atoms with van der Waals surface area (Å²) in [5.74, 6) is 0.336. The molecule has 1 aromatic rings. The van der Waals surface area contributed by atoms with Crippen LogP contribution < -0.4 is 0 Å². The van der Waals surface area contributed by atoms with E-state index in [1.54, 1.807) is 11.3 Å². The minimum Gasteiger partial charge on any atom is -0.377 e. The van der Waals surface area contributed by atoms with Crippen molar-refractivity contribution in [1.82, 2.24) is 9.80 Å². The number of carbonyl (C=O) groups excluding carboxylic acids is 1. The zero-order valence-corrected chi connectivity index (χ0v) is 14.4. The highest BCUT2D eigenvalue weighted by molar-refractivity contribution is 7.10. The van der Waals surface area contributed by atoms with Crippen molar-refractivity contribution < 1.29 is 9.53 Å². The summed E-state index contributed by atoms with van der Waals surface area (Å²) in [6.07, 6.45) is 4.31. The molecule has 0 radical (unpaired) electrons. The largest absolute Gasteiger partial charge is 0.377 e. The molecule has 122 valence electrons. The first-order chi connectivity index (χ1) is 10.6. The van der Waals surface area contributed by atoms with Gasteiger partial charge in [-0.05, 0) is 38.4 Å². The number of likely N-dealkylation sites (N-methyl/N-ethyl adjacent to an activating group) is 1. The number of thiophene rings is 1. The molecular formula is C17H26N2O2S. The van der Waals surface area contributed by atoms with Gasteiger partial charge in [0.1, 0.15) is 0 Å². The van der Waals surface area contributed by atoms with Crippen LogP contribution in [-0.4, -0.2) is 62.1 Å². The van der Waals surface area contributed by atoms with Crippen LogP contribution in [0.2, 0.25) is 0 Å². The van der Waals surface area contributed by atoms with Gasteiger partial charge in [0.25, 0.3) is 0 Å². The van der Waals surface area contributed by atoms with Gasteiger partial charge >= 0.3 is 0 Å². The maximum absolute atomic E-state index is 13.5. The molecule has 1 atom stereocenters. The van der Waals surface area contributed by atoms with Crippen LogP contribution >= 0.6 is 11.3 Å². The summed E-state index contributed by atoms with van der Waals surface area (Å²) in [4.78, 5) is 19.0. The molecule has 1 amide bonds. The van der Waals surface area contributed by atoms with Crippen molar-refractivity contribution in [2.75, 3.05) is 40.4 Å². The summed E-state index contributed by atoms with van der Waals surface area (Å²) >= 11 is 1.74. The molecule has 2 fully saturated rings. The lowest BCUT2D eigenvalue weighted by molar-refractivity contribution is -0.146. The van der Waals surface area contributed by atoms with Crippen LogP contribution in [-0.2, 0) is 14.9 Å². The predicted octanol–water partition coefficient (Wildman–Crippen LogP) is 2.35. The molecule has 1 aromatic heterocycles. The lowest BCUT2D eigenvalue weighted by Crippen LogP contribution is -2.57. The normalized spacial score (nSPS) is 24.9. The van der Waals surface area contributed by atoms with Crippen LogP contribution in [0, 0.1) is 0 Å². The van der Waals surface area contributed by atoms with E-state index >= 15 is 0 Å². The number of carbonyl (C=O) groups is 1. The molecule has 1 saturated carbocycles. The molecule has 1 aliphatic carbocycles. The van der Waals surface area contributed by atoms with E-state index in [9.17, 15) is 4.79 Å². The molecule has 0 aromatic carbocycles. The Kier molecular flexibility index (Phi) is 4.85. The Morgan fingerprint density at radius 3 is 2.86 bits per heavy atom. The number of morpholine rings is 1. The number of hydrogen-bond acceptors (Lipinski definition) is 4. The molecule has 5 heteroatoms. The quantitative estimate of drug-likeness (QED) is 0.853. The molecule has 2 aliphatic rings. The molecule has 3 rings (SSSR count). The Morgan fingerprint density at radius 2 is 2.23 bits per heavy atom. The highest BCUT2D eigenvalue weighted by atomic mass is 32.1. The van der Waals surface area contributed by atoms with E-state index in [4.69, 9.17) is 4.74 Å². The summed E-state index contributed by atoms with van der Waals surface area (Å²) in [5, 5.41) is 2.10. The second-order valence-electron chi connectivity index (χ2n) is 6.76. The smallest absolute Gasteiger partial charge is 0.234 e. The van der Waals surface area contributed by atoms with Crippen LogP contribution in [0.25, 0.3) is 0 Å². The van der Waals surface area contributed by atoms with Crippen LogP contribution in [0.15, 0.2) is 17.5 Å². The first-order valence-corrected chi connectivity index (χ1v) is 9.09. The van der Waals surface area contributed by atoms with Crippen molar-refractivity contribution >= 4 is 17.2 Å². The van der Waals surface area contributed by atoms with E-state index in [0.29, 0.717) is 19.1 Å². The van der Waals surface area contributed by atoms with Crippen LogP contribution in [0.5, 0.6) is 0 Å². The van der Waals surface area contributed by atoms with E-state index in [1.807, 2.05) is 0 Å². The molecule has 1 saturated heterocycles. The van der Waals surface area contributed by atoms with Gasteiger partial charge in [-0.2, -0.15) is 0 Å². The van der Waals surface area contributed by atoms with Crippen molar-refractivity contribution in [1.29, 1.82) is 0 Å². The van der Waals surface area contributed by atoms with Gasteiger partial charge in [0.05, 0.1) is 24.7 Å². The number of rotatable bonds is 4. The maximum atomic E-state index is 13.5. The second-order valence-corrected chi connectivity index (χ2v) is 7.70. The van der Waals surface area contributed by atoms with E-state index < -0.39 is 0 Å². The first-order valence-electron chi connectivity index (χ1n) is 8.21. The third kappa shape index (κ3) is 2.94. The fraction of sp³-hybridized carbons (Fsp3) is 0.706. The molecule has 22 heavy (non-hydrogen) atoms. The molecule has 0 bridgehead atoms. The van der Waals surface area contributed by atoms with Gasteiger partial charge < -0.3 is 14.5 Å². The highest BCUT2D eigenvalue weighted by Crippen LogP contribution is 2.44. The molecule has 0 spiro atoms. The summed E-state index contributed by atoms with van der Waals surface area (Å²) in [6.45, 7) is 2.91. The Bertz CT molecular complexity index is 495. The second kappa shape index (κ2) is 6.69. The minimum atomic E-state index is -0.268. The Morgan fingerprint density at radius 1 is 1.45 bits per heavy atom. The maximum Gasteiger partial charge on any atom is 0.234 e. The van der Waals surface area contributed by atoms with Crippen molar-refractivity contribution in [3.8, 4) is 0 Å². The lowest BCUT2D eigenvalue weighted by atomic mass is 9.82. The number of nitrogens with zero attached hydrogens (tertiary/aromatic N) is 2. The van der Waals surface area contributed by atoms with Crippen LogP contribution in [0.1, 0.15) is 30.6 Å². The SMILES string of the molecule is CN(C)C[C@@H]1COCCN1C(=O)C1(c2cccs2)CCCC1. The fourth-order valence-corrected chi connectivity index (χ4v) is 4.84. The third-order valence-electron chi connectivity index (χ3n) is 4.92. The molecule has 0 N–H and O–H groups in total. The van der Waals surface area contributed by atoms with Gasteiger partial charge in [0.15, 0.2) is 0 Å². The Hall–Kier alpha value is -0.910. The summed E-state index contributed by atoms with van der Waals surface area (Å²) in [6, 6.07) is 4.40. The van der Waals surface area contributed by atoms with Crippen LogP contribution in [0.4, 0.5) is 0 Å². The number of amides is 1. The number of hydrogen-bond donors (Lipinski definition) is 0. The van der Waals surface area contributed by atoms with Gasteiger partial charge in [0, 0.05) is 18.0 Å². The zero-order valence-electron chi connectivity index (χ0n) is 13.6. The van der Waals surface area contributed by atoms with Gasteiger partial charge in [-0.25, -0.2) is 0 Å². The summed E-state index contributed by atoms with van der Waals surface area (Å²) in [5.41, 5.74) is -0.268. The van der Waals surface area contributed by atoms with Gasteiger partial charge in [-0.15, -0.1) is 11.3 Å². The Labute approximate surface area is 137 Å². The van der Waals surface area contributed by atoms with Gasteiger partial charge in [-0.1, -0.05) is 18.9 Å². The topological polar surface area (TPSA) is 32.8 Å². The summed E-state index contributed by atoms with van der Waals surface area (Å²) < 4.78 is 5.63. The number of ether oxygens (including phenoxy) is 1. The molecular weight excluding hydrogens is 296 g/mol. The monoisotopic (exact) mass is 322 g/mol. The van der Waals surface area contributed by atoms with E-state index in [2.05, 4.69) is 41.4 Å². The predicted molar refractivity (Wildman–Crippen MR) is 89.3 cm³/mol. The van der Waals surface area contributed by atoms with Crippen molar-refractivity contribution in [3.05, 3.63) is 22.4 Å². The van der Waals surface area contributed by atoms with E-state index in [1.165, 1.54) is 4.88 Å². The van der Waals surface area contributed by atoms with Gasteiger partial charge in [-0.3, -0.25) is 4.79 Å². The standard InChI is InChI=1S/C17H26N2O2S/c1-18(2)12-14-13-21-10-9-19(14)16(20)17(7-3-4-8-17)15-6-5-11-22-15/h5-6,11,14H,3-4,7-10,12-13H2,1-2H3/t14-/m1/s1. The molecule has 4 nitrogen and oxygen atoms in total. The average molecular weight is 322 g/mol. The zero-order chi connectivity index (χ0) is 15.6. The summed E-state index contributed by atoms with van der Waals surface area (Å²) in [7, 11) is 4.11. The highest BCUT2D eigenvalue weighted by Gasteiger charge is 2.47. The fourth-order valence-electron chi connectivity index (χ4n) is 3.86. The lowest BCUT2D eigenvalue weighted by Gasteiger charge is -2.42. The van der Waals surface area contributed by atoms with E-state index in [0.717, 1.165) is 38.8 Å². The van der Waals surface area contributed by atoms with Gasteiger partial charge in [0.2, 0.25) is 5.91 Å². The molecule has 2 heterocycles. The Balaban J connectivity index is 1.86. The third-order valence-corrected chi connectivity index (χ3v) is 6.00. The first kappa shape index (κ1) is 16.0. The van der Waals surface area contributed by atoms with Crippen molar-refractivity contribution in [2.45, 2.75) is 37.1 Å².